The van der Waals surface area contributed by atoms with Gasteiger partial charge in [-0.05, 0) is 19.8 Å². The van der Waals surface area contributed by atoms with Crippen molar-refractivity contribution >= 4 is 35.5 Å². The number of carbonyl (C=O) groups excluding carboxylic acids is 1. The van der Waals surface area contributed by atoms with Gasteiger partial charge in [0.25, 0.3) is 0 Å². The van der Waals surface area contributed by atoms with Crippen LogP contribution in [0, 0.1) is 0 Å². The SMILES string of the molecule is C=C(C)C(=O)OCCCCCCCO.[NaH]. The van der Waals surface area contributed by atoms with Crippen LogP contribution in [0.25, 0.3) is 0 Å². The van der Waals surface area contributed by atoms with Crippen molar-refractivity contribution in [3.05, 3.63) is 12.2 Å². The van der Waals surface area contributed by atoms with Crippen molar-refractivity contribution in [2.24, 2.45) is 0 Å². The van der Waals surface area contributed by atoms with Crippen LogP contribution < -0.4 is 0 Å². The summed E-state index contributed by atoms with van der Waals surface area (Å²) in [6, 6.07) is 0. The second-order valence-corrected chi connectivity index (χ2v) is 3.41. The van der Waals surface area contributed by atoms with Gasteiger partial charge in [-0.3, -0.25) is 0 Å². The van der Waals surface area contributed by atoms with Crippen LogP contribution in [0.4, 0.5) is 0 Å². The molecule has 0 heterocycles. The molecule has 0 atom stereocenters. The van der Waals surface area contributed by atoms with E-state index in [1.165, 1.54) is 0 Å². The van der Waals surface area contributed by atoms with Crippen LogP contribution in [0.5, 0.6) is 0 Å². The summed E-state index contributed by atoms with van der Waals surface area (Å²) < 4.78 is 4.92. The molecule has 0 amide bonds. The molecule has 0 aromatic heterocycles. The van der Waals surface area contributed by atoms with Gasteiger partial charge in [0.2, 0.25) is 0 Å². The Hall–Kier alpha value is 0.170. The number of hydrogen-bond acceptors (Lipinski definition) is 3. The maximum atomic E-state index is 10.9. The van der Waals surface area contributed by atoms with Crippen LogP contribution in [-0.2, 0) is 9.53 Å². The summed E-state index contributed by atoms with van der Waals surface area (Å²) in [5.74, 6) is -0.305. The molecule has 0 saturated carbocycles. The standard InChI is InChI=1S/C11H20O3.Na.H/c1-10(2)11(13)14-9-7-5-3-4-6-8-12;;/h12H,1,3-9H2,2H3;;. The summed E-state index contributed by atoms with van der Waals surface area (Å²) in [6.45, 7) is 5.88. The first-order valence-corrected chi connectivity index (χ1v) is 5.12. The Morgan fingerprint density at radius 1 is 1.20 bits per heavy atom. The van der Waals surface area contributed by atoms with E-state index in [4.69, 9.17) is 9.84 Å². The fourth-order valence-corrected chi connectivity index (χ4v) is 1.03. The molecule has 0 aliphatic heterocycles. The molecule has 3 nitrogen and oxygen atoms in total. The van der Waals surface area contributed by atoms with Crippen molar-refractivity contribution < 1.29 is 14.6 Å². The third kappa shape index (κ3) is 12.1. The van der Waals surface area contributed by atoms with Crippen molar-refractivity contribution in [3.63, 3.8) is 0 Å². The predicted molar refractivity (Wildman–Crippen MR) is 63.1 cm³/mol. The fourth-order valence-electron chi connectivity index (χ4n) is 1.03. The number of esters is 1. The van der Waals surface area contributed by atoms with E-state index in [0.29, 0.717) is 12.2 Å². The molecule has 0 rings (SSSR count). The molecule has 0 aliphatic carbocycles. The number of hydrogen-bond donors (Lipinski definition) is 1. The van der Waals surface area contributed by atoms with Gasteiger partial charge in [0.1, 0.15) is 0 Å². The average molecular weight is 224 g/mol. The van der Waals surface area contributed by atoms with E-state index in [1.54, 1.807) is 6.92 Å². The van der Waals surface area contributed by atoms with Crippen molar-refractivity contribution in [2.75, 3.05) is 13.2 Å². The summed E-state index contributed by atoms with van der Waals surface area (Å²) in [7, 11) is 0. The second kappa shape index (κ2) is 12.2. The zero-order chi connectivity index (χ0) is 10.8. The van der Waals surface area contributed by atoms with E-state index in [-0.39, 0.29) is 42.1 Å². The van der Waals surface area contributed by atoms with E-state index in [2.05, 4.69) is 6.58 Å². The molecule has 0 aromatic rings. The van der Waals surface area contributed by atoms with Gasteiger partial charge in [-0.25, -0.2) is 4.79 Å². The number of ether oxygens (including phenoxy) is 1. The van der Waals surface area contributed by atoms with Crippen LogP contribution in [0.3, 0.4) is 0 Å². The summed E-state index contributed by atoms with van der Waals surface area (Å²) in [6.07, 6.45) is 4.94. The second-order valence-electron chi connectivity index (χ2n) is 3.41. The third-order valence-electron chi connectivity index (χ3n) is 1.88. The number of rotatable bonds is 8. The van der Waals surface area contributed by atoms with E-state index in [1.807, 2.05) is 0 Å². The Morgan fingerprint density at radius 2 is 1.73 bits per heavy atom. The van der Waals surface area contributed by atoms with Crippen molar-refractivity contribution in [2.45, 2.75) is 39.0 Å². The molecule has 0 saturated heterocycles. The molecule has 1 N–H and O–H groups in total. The van der Waals surface area contributed by atoms with Crippen LogP contribution in [0.2, 0.25) is 0 Å². The average Bonchev–Trinajstić information content (AvgIpc) is 2.16. The Kier molecular flexibility index (Phi) is 14.3. The Labute approximate surface area is 114 Å². The Morgan fingerprint density at radius 3 is 2.27 bits per heavy atom. The first-order chi connectivity index (χ1) is 6.68. The predicted octanol–water partition coefficient (Wildman–Crippen LogP) is 1.40. The van der Waals surface area contributed by atoms with Gasteiger partial charge >= 0.3 is 35.5 Å². The maximum absolute atomic E-state index is 10.9. The van der Waals surface area contributed by atoms with Crippen LogP contribution in [-0.4, -0.2) is 53.8 Å². The monoisotopic (exact) mass is 224 g/mol. The van der Waals surface area contributed by atoms with Gasteiger partial charge in [0, 0.05) is 12.2 Å². The van der Waals surface area contributed by atoms with Crippen LogP contribution >= 0.6 is 0 Å². The molecule has 0 spiro atoms. The molecule has 0 aliphatic rings. The minimum absolute atomic E-state index is 0. The zero-order valence-corrected chi connectivity index (χ0v) is 8.92. The molecule has 0 unspecified atom stereocenters. The van der Waals surface area contributed by atoms with Crippen LogP contribution in [0.15, 0.2) is 12.2 Å². The Bertz CT molecular complexity index is 181. The molecule has 4 heteroatoms. The van der Waals surface area contributed by atoms with Crippen LogP contribution in [0.1, 0.15) is 39.0 Å². The number of carbonyl (C=O) groups is 1. The molecule has 0 aromatic carbocycles. The van der Waals surface area contributed by atoms with E-state index in [9.17, 15) is 4.79 Å². The summed E-state index contributed by atoms with van der Waals surface area (Å²) in [5, 5.41) is 8.52. The summed E-state index contributed by atoms with van der Waals surface area (Å²) in [4.78, 5) is 10.9. The molecule has 0 fully saturated rings. The van der Waals surface area contributed by atoms with E-state index in [0.717, 1.165) is 32.1 Å². The number of unbranched alkanes of at least 4 members (excludes halogenated alkanes) is 4. The zero-order valence-electron chi connectivity index (χ0n) is 8.92. The number of aliphatic hydroxyl groups excluding tert-OH is 1. The van der Waals surface area contributed by atoms with Gasteiger partial charge in [-0.1, -0.05) is 25.8 Å². The fraction of sp³-hybridized carbons (Fsp3) is 0.727. The van der Waals surface area contributed by atoms with Crippen molar-refractivity contribution in [1.29, 1.82) is 0 Å². The Balaban J connectivity index is 0. The first kappa shape index (κ1) is 17.6. The normalized spacial score (nSPS) is 9.20. The minimum atomic E-state index is -0.305. The molecule has 0 radical (unpaired) electrons. The molecule has 15 heavy (non-hydrogen) atoms. The topological polar surface area (TPSA) is 46.5 Å². The quantitative estimate of drug-likeness (QED) is 0.293. The molecular weight excluding hydrogens is 203 g/mol. The molecular formula is C11H21NaO3. The summed E-state index contributed by atoms with van der Waals surface area (Å²) in [5.41, 5.74) is 0.449. The molecule has 84 valence electrons. The van der Waals surface area contributed by atoms with E-state index < -0.39 is 0 Å². The molecule has 0 bridgehead atoms. The van der Waals surface area contributed by atoms with Crippen molar-refractivity contribution in [1.82, 2.24) is 0 Å². The van der Waals surface area contributed by atoms with Gasteiger partial charge in [-0.2, -0.15) is 0 Å². The van der Waals surface area contributed by atoms with E-state index >= 15 is 0 Å². The summed E-state index contributed by atoms with van der Waals surface area (Å²) >= 11 is 0. The third-order valence-corrected chi connectivity index (χ3v) is 1.88. The van der Waals surface area contributed by atoms with Gasteiger partial charge in [0.15, 0.2) is 0 Å². The van der Waals surface area contributed by atoms with Gasteiger partial charge < -0.3 is 9.84 Å². The van der Waals surface area contributed by atoms with Gasteiger partial charge in [-0.15, -0.1) is 0 Å². The first-order valence-electron chi connectivity index (χ1n) is 5.12. The number of aliphatic hydroxyl groups is 1. The van der Waals surface area contributed by atoms with Crippen molar-refractivity contribution in [3.8, 4) is 0 Å². The van der Waals surface area contributed by atoms with Gasteiger partial charge in [0.05, 0.1) is 6.61 Å².